The molecule has 0 aliphatic carbocycles. The van der Waals surface area contributed by atoms with E-state index in [0.29, 0.717) is 13.0 Å². The van der Waals surface area contributed by atoms with Crippen LogP contribution in [0.3, 0.4) is 0 Å². The SMILES string of the molecule is CCCCCCCC[N+](C)(CCCCCCCC)CCCCCC(=O)OCC.O=S(=O)([O-])[O-].[H+]. The third-order valence-electron chi connectivity index (χ3n) is 5.99. The van der Waals surface area contributed by atoms with Gasteiger partial charge in [0.15, 0.2) is 0 Å². The fraction of sp³-hybridized carbons (Fsp3) is 0.960. The van der Waals surface area contributed by atoms with E-state index < -0.39 is 10.4 Å². The number of hydrogen-bond acceptors (Lipinski definition) is 6. The molecule has 0 aromatic carbocycles. The molecule has 200 valence electrons. The van der Waals surface area contributed by atoms with Gasteiger partial charge >= 0.3 is 7.40 Å². The summed E-state index contributed by atoms with van der Waals surface area (Å²) in [5.41, 5.74) is 0. The van der Waals surface area contributed by atoms with E-state index in [1.54, 1.807) is 0 Å². The van der Waals surface area contributed by atoms with Crippen LogP contribution in [0, 0.1) is 0 Å². The molecule has 0 aromatic heterocycles. The smallest absolute Gasteiger partial charge is 0.759 e. The highest BCUT2D eigenvalue weighted by Crippen LogP contribution is 2.16. The van der Waals surface area contributed by atoms with E-state index in [-0.39, 0.29) is 7.40 Å². The molecule has 0 atom stereocenters. The molecule has 0 fully saturated rings. The number of ether oxygens (including phenoxy) is 1. The Morgan fingerprint density at radius 3 is 1.39 bits per heavy atom. The summed E-state index contributed by atoms with van der Waals surface area (Å²) < 4.78 is 40.4. The molecule has 0 aliphatic heterocycles. The van der Waals surface area contributed by atoms with Crippen LogP contribution in [-0.4, -0.2) is 61.3 Å². The minimum absolute atomic E-state index is 0. The second kappa shape index (κ2) is 23.1. The highest BCUT2D eigenvalue weighted by molar-refractivity contribution is 7.79. The Bertz CT molecular complexity index is 522. The molecular formula is C25H53NO6S. The third-order valence-corrected chi connectivity index (χ3v) is 5.99. The van der Waals surface area contributed by atoms with Gasteiger partial charge in [0, 0.05) is 16.8 Å². The number of carbonyl (C=O) groups is 1. The summed E-state index contributed by atoms with van der Waals surface area (Å²) in [6, 6.07) is 0. The highest BCUT2D eigenvalue weighted by Gasteiger charge is 2.20. The summed E-state index contributed by atoms with van der Waals surface area (Å²) in [5.74, 6) is -0.0288. The van der Waals surface area contributed by atoms with Crippen LogP contribution in [0.1, 0.15) is 125 Å². The summed E-state index contributed by atoms with van der Waals surface area (Å²) in [6.07, 6.45) is 20.6. The van der Waals surface area contributed by atoms with Crippen LogP contribution in [0.4, 0.5) is 0 Å². The molecule has 0 N–H and O–H groups in total. The number of hydrogen-bond donors (Lipinski definition) is 0. The van der Waals surface area contributed by atoms with Crippen molar-refractivity contribution in [1.82, 2.24) is 0 Å². The lowest BCUT2D eigenvalue weighted by atomic mass is 10.1. The fourth-order valence-corrected chi connectivity index (χ4v) is 4.06. The first-order valence-electron chi connectivity index (χ1n) is 13.2. The van der Waals surface area contributed by atoms with E-state index in [4.69, 9.17) is 22.3 Å². The minimum Gasteiger partial charge on any atom is -0.759 e. The van der Waals surface area contributed by atoms with Gasteiger partial charge in [-0.3, -0.25) is 13.2 Å². The van der Waals surface area contributed by atoms with Crippen molar-refractivity contribution in [1.29, 1.82) is 0 Å². The van der Waals surface area contributed by atoms with Crippen molar-refractivity contribution in [2.45, 2.75) is 124 Å². The van der Waals surface area contributed by atoms with Crippen molar-refractivity contribution in [2.24, 2.45) is 0 Å². The molecule has 0 saturated heterocycles. The first-order chi connectivity index (χ1) is 15.6. The van der Waals surface area contributed by atoms with Gasteiger partial charge in [-0.15, -0.1) is 0 Å². The molecule has 0 saturated carbocycles. The molecule has 0 rings (SSSR count). The maximum atomic E-state index is 11.5. The van der Waals surface area contributed by atoms with Crippen molar-refractivity contribution >= 4 is 16.4 Å². The molecule has 0 spiro atoms. The van der Waals surface area contributed by atoms with Crippen LogP contribution in [0.2, 0.25) is 0 Å². The van der Waals surface area contributed by atoms with Gasteiger partial charge in [0.05, 0.1) is 33.3 Å². The van der Waals surface area contributed by atoms with Gasteiger partial charge in [0.25, 0.3) is 0 Å². The van der Waals surface area contributed by atoms with E-state index in [2.05, 4.69) is 20.9 Å². The summed E-state index contributed by atoms with van der Waals surface area (Å²) >= 11 is 0. The maximum Gasteiger partial charge on any atom is 1.00 e. The maximum absolute atomic E-state index is 11.5. The molecule has 8 heteroatoms. The van der Waals surface area contributed by atoms with Crippen molar-refractivity contribution in [3.8, 4) is 0 Å². The Kier molecular flexibility index (Phi) is 24.1. The van der Waals surface area contributed by atoms with Gasteiger partial charge in [-0.25, -0.2) is 0 Å². The number of rotatable bonds is 21. The Hall–Kier alpha value is -0.700. The van der Waals surface area contributed by atoms with Gasteiger partial charge in [0.2, 0.25) is 0 Å². The van der Waals surface area contributed by atoms with Crippen LogP contribution >= 0.6 is 0 Å². The van der Waals surface area contributed by atoms with E-state index >= 15 is 0 Å². The average Bonchev–Trinajstić information content (AvgIpc) is 2.72. The van der Waals surface area contributed by atoms with Crippen molar-refractivity contribution in [2.75, 3.05) is 33.3 Å². The highest BCUT2D eigenvalue weighted by atomic mass is 32.3. The molecule has 7 nitrogen and oxygen atoms in total. The molecule has 0 heterocycles. The van der Waals surface area contributed by atoms with Gasteiger partial charge in [-0.1, -0.05) is 65.2 Å². The zero-order valence-electron chi connectivity index (χ0n) is 22.9. The molecular weight excluding hydrogens is 442 g/mol. The lowest BCUT2D eigenvalue weighted by Crippen LogP contribution is -2.46. The van der Waals surface area contributed by atoms with Gasteiger partial charge in [0.1, 0.15) is 0 Å². The van der Waals surface area contributed by atoms with Gasteiger partial charge in [-0.2, -0.15) is 0 Å². The van der Waals surface area contributed by atoms with E-state index in [0.717, 1.165) is 12.8 Å². The largest absolute Gasteiger partial charge is 1.00 e. The van der Waals surface area contributed by atoms with Crippen LogP contribution in [-0.2, 0) is 19.9 Å². The van der Waals surface area contributed by atoms with Gasteiger partial charge < -0.3 is 18.3 Å². The lowest BCUT2D eigenvalue weighted by Gasteiger charge is -2.35. The predicted octanol–water partition coefficient (Wildman–Crippen LogP) is 6.05. The zero-order chi connectivity index (χ0) is 25.4. The molecule has 0 aromatic rings. The summed E-state index contributed by atoms with van der Waals surface area (Å²) in [6.45, 7) is 10.9. The van der Waals surface area contributed by atoms with E-state index in [9.17, 15) is 4.79 Å². The zero-order valence-corrected chi connectivity index (χ0v) is 22.8. The van der Waals surface area contributed by atoms with Crippen LogP contribution in [0.25, 0.3) is 0 Å². The molecule has 0 radical (unpaired) electrons. The first kappa shape index (κ1) is 34.5. The summed E-state index contributed by atoms with van der Waals surface area (Å²) in [7, 11) is -2.69. The summed E-state index contributed by atoms with van der Waals surface area (Å²) in [4.78, 5) is 11.5. The van der Waals surface area contributed by atoms with Gasteiger partial charge in [-0.05, 0) is 51.9 Å². The first-order valence-corrected chi connectivity index (χ1v) is 14.6. The van der Waals surface area contributed by atoms with Crippen LogP contribution in [0.5, 0.6) is 0 Å². The number of quaternary nitrogens is 1. The number of nitrogens with zero attached hydrogens (tertiary/aromatic N) is 1. The van der Waals surface area contributed by atoms with E-state index in [1.165, 1.54) is 108 Å². The summed E-state index contributed by atoms with van der Waals surface area (Å²) in [5, 5.41) is 0. The molecule has 33 heavy (non-hydrogen) atoms. The second-order valence-corrected chi connectivity index (χ2v) is 10.2. The van der Waals surface area contributed by atoms with Crippen molar-refractivity contribution in [3.63, 3.8) is 0 Å². The Balaban J connectivity index is -0.00000144. The lowest BCUT2D eigenvalue weighted by molar-refractivity contribution is -0.910. The third kappa shape index (κ3) is 31.3. The molecule has 0 unspecified atom stereocenters. The molecule has 0 bridgehead atoms. The number of esters is 1. The van der Waals surface area contributed by atoms with Crippen molar-refractivity contribution in [3.05, 3.63) is 0 Å². The number of unbranched alkanes of at least 4 members (excludes halogenated alkanes) is 12. The topological polar surface area (TPSA) is 107 Å². The predicted molar refractivity (Wildman–Crippen MR) is 134 cm³/mol. The monoisotopic (exact) mass is 495 g/mol. The molecule has 0 aliphatic rings. The average molecular weight is 496 g/mol. The van der Waals surface area contributed by atoms with Crippen molar-refractivity contribution < 1.29 is 33.0 Å². The fourth-order valence-electron chi connectivity index (χ4n) is 4.06. The minimum atomic E-state index is -5.17. The molecule has 0 amide bonds. The Labute approximate surface area is 206 Å². The Morgan fingerprint density at radius 1 is 0.697 bits per heavy atom. The quantitative estimate of drug-likeness (QED) is 0.0630. The number of carbonyl (C=O) groups excluding carboxylic acids is 1. The van der Waals surface area contributed by atoms with E-state index in [1.807, 2.05) is 6.92 Å². The van der Waals surface area contributed by atoms with Crippen LogP contribution in [0.15, 0.2) is 0 Å². The standard InChI is InChI=1S/C25H52NO2.H2O4S/c1-5-8-10-12-14-18-22-26(4,23-19-15-13-11-9-6-2)24-20-16-17-21-25(27)28-7-3;1-5(2,3)4/h5-24H2,1-4H3;(H2,1,2,3,4)/q+1;/p-1. The Morgan fingerprint density at radius 2 is 1.03 bits per heavy atom. The second-order valence-electron chi connectivity index (χ2n) is 9.35. The van der Waals surface area contributed by atoms with Crippen LogP contribution < -0.4 is 0 Å². The normalized spacial score (nSPS) is 11.7.